The van der Waals surface area contributed by atoms with E-state index in [2.05, 4.69) is 29.2 Å². The van der Waals surface area contributed by atoms with E-state index in [1.807, 2.05) is 0 Å². The van der Waals surface area contributed by atoms with Crippen molar-refractivity contribution in [2.75, 3.05) is 26.3 Å². The monoisotopic (exact) mass is 315 g/mol. The highest BCUT2D eigenvalue weighted by atomic mass is 16.5. The number of rotatable bonds is 6. The summed E-state index contributed by atoms with van der Waals surface area (Å²) in [5, 5.41) is 10.3. The molecule has 23 heavy (non-hydrogen) atoms. The summed E-state index contributed by atoms with van der Waals surface area (Å²) < 4.78 is 5.87. The molecule has 3 heteroatoms. The van der Waals surface area contributed by atoms with Crippen LogP contribution in [0.15, 0.2) is 24.3 Å². The van der Waals surface area contributed by atoms with Gasteiger partial charge in [0.1, 0.15) is 0 Å². The van der Waals surface area contributed by atoms with E-state index in [-0.39, 0.29) is 6.10 Å². The van der Waals surface area contributed by atoms with Crippen molar-refractivity contribution >= 4 is 0 Å². The number of fused-ring (bicyclic) bond motifs is 3. The first-order chi connectivity index (χ1) is 11.3. The maximum Gasteiger partial charge on any atom is 0.0900 e. The molecule has 3 nitrogen and oxygen atoms in total. The lowest BCUT2D eigenvalue weighted by Crippen LogP contribution is -2.38. The Kier molecular flexibility index (Phi) is 4.70. The fourth-order valence-corrected chi connectivity index (χ4v) is 5.00. The van der Waals surface area contributed by atoms with E-state index in [9.17, 15) is 5.11 Å². The third-order valence-corrected chi connectivity index (χ3v) is 6.21. The molecule has 0 saturated heterocycles. The van der Waals surface area contributed by atoms with Gasteiger partial charge in [0.05, 0.1) is 12.7 Å². The van der Waals surface area contributed by atoms with Gasteiger partial charge >= 0.3 is 0 Å². The number of nitrogens with zero attached hydrogens (tertiary/aromatic N) is 1. The molecule has 3 aliphatic rings. The molecule has 2 saturated carbocycles. The lowest BCUT2D eigenvalue weighted by atomic mass is 9.90. The van der Waals surface area contributed by atoms with Crippen LogP contribution in [0.5, 0.6) is 0 Å². The van der Waals surface area contributed by atoms with E-state index in [0.29, 0.717) is 6.61 Å². The smallest absolute Gasteiger partial charge is 0.0900 e. The minimum absolute atomic E-state index is 0.362. The summed E-state index contributed by atoms with van der Waals surface area (Å²) in [5.74, 6) is 2.66. The van der Waals surface area contributed by atoms with Gasteiger partial charge in [-0.05, 0) is 54.6 Å². The molecule has 2 aliphatic carbocycles. The van der Waals surface area contributed by atoms with Crippen LogP contribution in [0.4, 0.5) is 0 Å². The third kappa shape index (κ3) is 3.62. The first-order valence-corrected chi connectivity index (χ1v) is 9.33. The molecular weight excluding hydrogens is 286 g/mol. The Morgan fingerprint density at radius 2 is 2.04 bits per heavy atom. The number of benzene rings is 1. The van der Waals surface area contributed by atoms with Gasteiger partial charge in [-0.3, -0.25) is 4.90 Å². The Balaban J connectivity index is 1.18. The molecule has 0 radical (unpaired) electrons. The quantitative estimate of drug-likeness (QED) is 0.876. The maximum atomic E-state index is 10.3. The maximum absolute atomic E-state index is 10.3. The summed E-state index contributed by atoms with van der Waals surface area (Å²) in [7, 11) is 0. The Morgan fingerprint density at radius 1 is 1.17 bits per heavy atom. The van der Waals surface area contributed by atoms with E-state index in [0.717, 1.165) is 50.4 Å². The molecule has 0 aromatic heterocycles. The Morgan fingerprint density at radius 3 is 2.83 bits per heavy atom. The second-order valence-electron chi connectivity index (χ2n) is 7.88. The van der Waals surface area contributed by atoms with Gasteiger partial charge in [0, 0.05) is 26.2 Å². The average molecular weight is 315 g/mol. The van der Waals surface area contributed by atoms with Crippen LogP contribution < -0.4 is 0 Å². The van der Waals surface area contributed by atoms with Gasteiger partial charge in [-0.15, -0.1) is 0 Å². The minimum atomic E-state index is -0.362. The summed E-state index contributed by atoms with van der Waals surface area (Å²) in [6.07, 6.45) is 6.38. The van der Waals surface area contributed by atoms with E-state index in [4.69, 9.17) is 4.74 Å². The second-order valence-corrected chi connectivity index (χ2v) is 7.88. The van der Waals surface area contributed by atoms with Gasteiger partial charge in [0.2, 0.25) is 0 Å². The van der Waals surface area contributed by atoms with Crippen LogP contribution in [0.3, 0.4) is 0 Å². The summed E-state index contributed by atoms with van der Waals surface area (Å²) in [6, 6.07) is 8.66. The van der Waals surface area contributed by atoms with Gasteiger partial charge in [0.25, 0.3) is 0 Å². The van der Waals surface area contributed by atoms with Crippen molar-refractivity contribution < 1.29 is 9.84 Å². The highest BCUT2D eigenvalue weighted by molar-refractivity contribution is 5.29. The van der Waals surface area contributed by atoms with E-state index in [1.165, 1.54) is 36.8 Å². The molecule has 1 heterocycles. The molecule has 1 aliphatic heterocycles. The van der Waals surface area contributed by atoms with Crippen LogP contribution in [-0.4, -0.2) is 42.4 Å². The molecule has 2 bridgehead atoms. The topological polar surface area (TPSA) is 32.7 Å². The van der Waals surface area contributed by atoms with Crippen molar-refractivity contribution in [1.82, 2.24) is 4.90 Å². The number of aliphatic hydroxyl groups excluding tert-OH is 1. The minimum Gasteiger partial charge on any atom is -0.389 e. The van der Waals surface area contributed by atoms with Crippen molar-refractivity contribution in [1.29, 1.82) is 0 Å². The lowest BCUT2D eigenvalue weighted by molar-refractivity contribution is -0.00387. The van der Waals surface area contributed by atoms with Crippen molar-refractivity contribution in [2.24, 2.45) is 17.8 Å². The summed E-state index contributed by atoms with van der Waals surface area (Å²) in [5.41, 5.74) is 2.87. The molecule has 1 aromatic carbocycles. The summed E-state index contributed by atoms with van der Waals surface area (Å²) >= 11 is 0. The van der Waals surface area contributed by atoms with Crippen molar-refractivity contribution in [2.45, 2.75) is 44.8 Å². The van der Waals surface area contributed by atoms with Gasteiger partial charge in [-0.2, -0.15) is 0 Å². The molecule has 1 N–H and O–H groups in total. The highest BCUT2D eigenvalue weighted by Gasteiger charge is 2.39. The zero-order valence-corrected chi connectivity index (χ0v) is 14.0. The van der Waals surface area contributed by atoms with Gasteiger partial charge in [-0.25, -0.2) is 0 Å². The molecule has 4 atom stereocenters. The zero-order valence-electron chi connectivity index (χ0n) is 14.0. The van der Waals surface area contributed by atoms with Crippen molar-refractivity contribution in [3.8, 4) is 0 Å². The molecule has 0 unspecified atom stereocenters. The Bertz CT molecular complexity index is 532. The van der Waals surface area contributed by atoms with Crippen LogP contribution in [0.2, 0.25) is 0 Å². The lowest BCUT2D eigenvalue weighted by Gasteiger charge is -2.30. The molecule has 2 fully saturated rings. The fraction of sp³-hybridized carbons (Fsp3) is 0.700. The normalized spacial score (nSPS) is 31.3. The van der Waals surface area contributed by atoms with Gasteiger partial charge in [-0.1, -0.05) is 30.7 Å². The largest absolute Gasteiger partial charge is 0.389 e. The third-order valence-electron chi connectivity index (χ3n) is 6.21. The summed E-state index contributed by atoms with van der Waals surface area (Å²) in [6.45, 7) is 4.08. The van der Waals surface area contributed by atoms with E-state index < -0.39 is 0 Å². The number of hydrogen-bond donors (Lipinski definition) is 1. The molecule has 1 aromatic rings. The first kappa shape index (κ1) is 15.6. The Hall–Kier alpha value is -0.900. The van der Waals surface area contributed by atoms with Crippen molar-refractivity contribution in [3.05, 3.63) is 35.4 Å². The van der Waals surface area contributed by atoms with Gasteiger partial charge in [0.15, 0.2) is 0 Å². The summed E-state index contributed by atoms with van der Waals surface area (Å²) in [4.78, 5) is 2.36. The molecule has 126 valence electrons. The number of hydrogen-bond acceptors (Lipinski definition) is 3. The second kappa shape index (κ2) is 6.92. The van der Waals surface area contributed by atoms with E-state index >= 15 is 0 Å². The van der Waals surface area contributed by atoms with Crippen LogP contribution in [0.25, 0.3) is 0 Å². The van der Waals surface area contributed by atoms with Crippen LogP contribution >= 0.6 is 0 Å². The van der Waals surface area contributed by atoms with Crippen LogP contribution in [0, 0.1) is 17.8 Å². The predicted octanol–water partition coefficient (Wildman–Crippen LogP) is 2.86. The number of β-amino-alcohol motifs (C(OH)–C–C–N with tert-alkyl or cyclic N) is 1. The van der Waals surface area contributed by atoms with Crippen LogP contribution in [0.1, 0.15) is 36.8 Å². The SMILES string of the molecule is O[C@H](COC[C@H]1C[C@H]2CC[C@H]1C2)CN1CCc2ccccc2C1. The first-order valence-electron chi connectivity index (χ1n) is 9.33. The van der Waals surface area contributed by atoms with E-state index in [1.54, 1.807) is 0 Å². The molecule has 0 amide bonds. The standard InChI is InChI=1S/C20H29NO2/c22-20(14-23-13-19-10-15-5-6-17(19)9-15)12-21-8-7-16-3-1-2-4-18(16)11-21/h1-4,15,17,19-20,22H,5-14H2/t15-,17-,19+,20-/m0/s1. The Labute approximate surface area is 139 Å². The van der Waals surface area contributed by atoms with Crippen LogP contribution in [-0.2, 0) is 17.7 Å². The fourth-order valence-electron chi connectivity index (χ4n) is 5.00. The van der Waals surface area contributed by atoms with Gasteiger partial charge < -0.3 is 9.84 Å². The molecule has 4 rings (SSSR count). The highest BCUT2D eigenvalue weighted by Crippen LogP contribution is 2.48. The number of ether oxygens (including phenoxy) is 1. The zero-order chi connectivity index (χ0) is 15.6. The molecular formula is C20H29NO2. The predicted molar refractivity (Wildman–Crippen MR) is 91.2 cm³/mol. The molecule has 0 spiro atoms. The average Bonchev–Trinajstić information content (AvgIpc) is 3.18. The number of aliphatic hydroxyl groups is 1. The van der Waals surface area contributed by atoms with Crippen molar-refractivity contribution in [3.63, 3.8) is 0 Å².